The standard InChI is InChI=1S/C24H30N2O3/c1-24(2)16-19-9-6-10-20(22(19)29-24)17-25-21(15-18-7-4-3-5-8-18)23(27)26-11-13-28-14-12-26/h3-10,21,25H,11-17H2,1-2H3. The molecule has 0 radical (unpaired) electrons. The lowest BCUT2D eigenvalue weighted by molar-refractivity contribution is -0.137. The van der Waals surface area contributed by atoms with Crippen LogP contribution in [0.15, 0.2) is 48.5 Å². The molecule has 2 heterocycles. The molecule has 5 nitrogen and oxygen atoms in total. The molecular formula is C24H30N2O3. The molecule has 2 aromatic rings. The summed E-state index contributed by atoms with van der Waals surface area (Å²) >= 11 is 0. The highest BCUT2D eigenvalue weighted by Crippen LogP contribution is 2.37. The van der Waals surface area contributed by atoms with Crippen LogP contribution in [0.4, 0.5) is 0 Å². The molecule has 2 aliphatic heterocycles. The lowest BCUT2D eigenvalue weighted by atomic mass is 10.00. The Balaban J connectivity index is 1.50. The van der Waals surface area contributed by atoms with Crippen LogP contribution in [0, 0.1) is 0 Å². The van der Waals surface area contributed by atoms with Gasteiger partial charge < -0.3 is 19.7 Å². The third-order valence-corrected chi connectivity index (χ3v) is 5.62. The number of hydrogen-bond donors (Lipinski definition) is 1. The number of fused-ring (bicyclic) bond motifs is 1. The number of rotatable bonds is 6. The molecule has 1 atom stereocenters. The largest absolute Gasteiger partial charge is 0.487 e. The zero-order chi connectivity index (χ0) is 20.3. The number of nitrogens with zero attached hydrogens (tertiary/aromatic N) is 1. The number of carbonyl (C=O) groups is 1. The van der Waals surface area contributed by atoms with Crippen molar-refractivity contribution in [2.24, 2.45) is 0 Å². The van der Waals surface area contributed by atoms with Gasteiger partial charge >= 0.3 is 0 Å². The molecule has 0 saturated carbocycles. The second-order valence-electron chi connectivity index (χ2n) is 8.50. The van der Waals surface area contributed by atoms with E-state index in [2.05, 4.69) is 49.5 Å². The van der Waals surface area contributed by atoms with E-state index < -0.39 is 0 Å². The van der Waals surface area contributed by atoms with Crippen molar-refractivity contribution in [3.63, 3.8) is 0 Å². The third kappa shape index (κ3) is 4.80. The van der Waals surface area contributed by atoms with Crippen molar-refractivity contribution >= 4 is 5.91 Å². The minimum Gasteiger partial charge on any atom is -0.487 e. The zero-order valence-corrected chi connectivity index (χ0v) is 17.3. The summed E-state index contributed by atoms with van der Waals surface area (Å²) < 4.78 is 11.6. The molecule has 0 aliphatic carbocycles. The van der Waals surface area contributed by atoms with Crippen LogP contribution in [0.3, 0.4) is 0 Å². The summed E-state index contributed by atoms with van der Waals surface area (Å²) in [6.45, 7) is 7.37. The van der Waals surface area contributed by atoms with Crippen LogP contribution in [0.2, 0.25) is 0 Å². The quantitative estimate of drug-likeness (QED) is 0.819. The Morgan fingerprint density at radius 2 is 1.86 bits per heavy atom. The summed E-state index contributed by atoms with van der Waals surface area (Å²) in [4.78, 5) is 15.2. The lowest BCUT2D eigenvalue weighted by Gasteiger charge is -2.31. The van der Waals surface area contributed by atoms with Crippen LogP contribution in [-0.4, -0.2) is 48.8 Å². The van der Waals surface area contributed by atoms with Crippen molar-refractivity contribution in [2.75, 3.05) is 26.3 Å². The van der Waals surface area contributed by atoms with Crippen LogP contribution in [-0.2, 0) is 28.9 Å². The van der Waals surface area contributed by atoms with Gasteiger partial charge in [0.25, 0.3) is 0 Å². The molecule has 4 rings (SSSR count). The van der Waals surface area contributed by atoms with Gasteiger partial charge in [0, 0.05) is 31.6 Å². The van der Waals surface area contributed by atoms with E-state index in [0.717, 1.165) is 23.3 Å². The first-order valence-electron chi connectivity index (χ1n) is 10.5. The van der Waals surface area contributed by atoms with Gasteiger partial charge in [0.05, 0.1) is 19.3 Å². The molecule has 1 amide bonds. The first-order chi connectivity index (χ1) is 14.0. The van der Waals surface area contributed by atoms with E-state index in [0.29, 0.717) is 39.3 Å². The van der Waals surface area contributed by atoms with Crippen LogP contribution in [0.25, 0.3) is 0 Å². The average molecular weight is 395 g/mol. The van der Waals surface area contributed by atoms with E-state index >= 15 is 0 Å². The highest BCUT2D eigenvalue weighted by atomic mass is 16.5. The Morgan fingerprint density at radius 3 is 2.62 bits per heavy atom. The number of para-hydroxylation sites is 1. The summed E-state index contributed by atoms with van der Waals surface area (Å²) in [6, 6.07) is 16.2. The van der Waals surface area contributed by atoms with Gasteiger partial charge in [-0.3, -0.25) is 4.79 Å². The highest BCUT2D eigenvalue weighted by molar-refractivity contribution is 5.82. The molecule has 29 heavy (non-hydrogen) atoms. The van der Waals surface area contributed by atoms with Gasteiger partial charge in [-0.25, -0.2) is 0 Å². The number of nitrogens with one attached hydrogen (secondary N) is 1. The smallest absolute Gasteiger partial charge is 0.240 e. The number of benzene rings is 2. The maximum atomic E-state index is 13.2. The number of carbonyl (C=O) groups excluding carboxylic acids is 1. The molecule has 0 aromatic heterocycles. The Kier molecular flexibility index (Phi) is 5.88. The van der Waals surface area contributed by atoms with Crippen LogP contribution in [0.1, 0.15) is 30.5 Å². The Hall–Kier alpha value is -2.37. The fraction of sp³-hybridized carbons (Fsp3) is 0.458. The van der Waals surface area contributed by atoms with Gasteiger partial charge in [-0.05, 0) is 31.4 Å². The molecule has 5 heteroatoms. The number of amides is 1. The van der Waals surface area contributed by atoms with E-state index in [1.165, 1.54) is 5.56 Å². The van der Waals surface area contributed by atoms with E-state index in [4.69, 9.17) is 9.47 Å². The predicted molar refractivity (Wildman–Crippen MR) is 113 cm³/mol. The average Bonchev–Trinajstić information content (AvgIpc) is 3.06. The van der Waals surface area contributed by atoms with E-state index in [1.54, 1.807) is 0 Å². The first-order valence-corrected chi connectivity index (χ1v) is 10.5. The molecule has 154 valence electrons. The minimum absolute atomic E-state index is 0.144. The molecule has 0 bridgehead atoms. The lowest BCUT2D eigenvalue weighted by Crippen LogP contribution is -2.51. The first kappa shape index (κ1) is 19.9. The third-order valence-electron chi connectivity index (χ3n) is 5.62. The highest BCUT2D eigenvalue weighted by Gasteiger charge is 2.32. The number of morpholine rings is 1. The summed E-state index contributed by atoms with van der Waals surface area (Å²) in [6.07, 6.45) is 1.58. The van der Waals surface area contributed by atoms with Crippen LogP contribution in [0.5, 0.6) is 5.75 Å². The fourth-order valence-corrected chi connectivity index (χ4v) is 4.15. The van der Waals surface area contributed by atoms with Crippen LogP contribution >= 0.6 is 0 Å². The molecule has 2 aliphatic rings. The fourth-order valence-electron chi connectivity index (χ4n) is 4.15. The minimum atomic E-state index is -0.277. The van der Waals surface area contributed by atoms with Crippen molar-refractivity contribution < 1.29 is 14.3 Å². The van der Waals surface area contributed by atoms with Crippen LogP contribution < -0.4 is 10.1 Å². The maximum Gasteiger partial charge on any atom is 0.240 e. The van der Waals surface area contributed by atoms with Gasteiger partial charge in [-0.2, -0.15) is 0 Å². The van der Waals surface area contributed by atoms with E-state index in [-0.39, 0.29) is 17.6 Å². The Morgan fingerprint density at radius 1 is 1.10 bits per heavy atom. The summed E-state index contributed by atoms with van der Waals surface area (Å²) in [5.74, 6) is 1.12. The van der Waals surface area contributed by atoms with Gasteiger partial charge in [0.2, 0.25) is 5.91 Å². The van der Waals surface area contributed by atoms with Crippen molar-refractivity contribution in [2.45, 2.75) is 44.9 Å². The Bertz CT molecular complexity index is 844. The molecule has 1 fully saturated rings. The van der Waals surface area contributed by atoms with E-state index in [9.17, 15) is 4.79 Å². The second kappa shape index (κ2) is 8.56. The maximum absolute atomic E-state index is 13.2. The summed E-state index contributed by atoms with van der Waals surface area (Å²) in [7, 11) is 0. The molecule has 1 unspecified atom stereocenters. The van der Waals surface area contributed by atoms with Gasteiger partial charge in [0.15, 0.2) is 0 Å². The second-order valence-corrected chi connectivity index (χ2v) is 8.50. The van der Waals surface area contributed by atoms with Gasteiger partial charge in [0.1, 0.15) is 11.4 Å². The topological polar surface area (TPSA) is 50.8 Å². The Labute approximate surface area is 173 Å². The van der Waals surface area contributed by atoms with Crippen molar-refractivity contribution in [1.82, 2.24) is 10.2 Å². The molecule has 1 N–H and O–H groups in total. The molecule has 2 aromatic carbocycles. The monoisotopic (exact) mass is 394 g/mol. The summed E-state index contributed by atoms with van der Waals surface area (Å²) in [5, 5.41) is 3.53. The SMILES string of the molecule is CC1(C)Cc2cccc(CNC(Cc3ccccc3)C(=O)N3CCOCC3)c2O1. The van der Waals surface area contributed by atoms with E-state index in [1.807, 2.05) is 23.1 Å². The molecular weight excluding hydrogens is 364 g/mol. The van der Waals surface area contributed by atoms with Gasteiger partial charge in [-0.1, -0.05) is 48.5 Å². The van der Waals surface area contributed by atoms with Crippen molar-refractivity contribution in [3.8, 4) is 5.75 Å². The van der Waals surface area contributed by atoms with Crippen molar-refractivity contribution in [3.05, 3.63) is 65.2 Å². The molecule has 0 spiro atoms. The normalized spacial score (nSPS) is 18.8. The summed E-state index contributed by atoms with van der Waals surface area (Å²) in [5.41, 5.74) is 3.34. The number of hydrogen-bond acceptors (Lipinski definition) is 4. The van der Waals surface area contributed by atoms with Gasteiger partial charge in [-0.15, -0.1) is 0 Å². The zero-order valence-electron chi connectivity index (χ0n) is 17.3. The predicted octanol–water partition coefficient (Wildman–Crippen LogP) is 2.96. The number of ether oxygens (including phenoxy) is 2. The van der Waals surface area contributed by atoms with Crippen molar-refractivity contribution in [1.29, 1.82) is 0 Å². The molecule has 1 saturated heterocycles.